The van der Waals surface area contributed by atoms with Crippen LogP contribution < -0.4 is 0 Å². The minimum atomic E-state index is -3.79. The SMILES string of the molecule is CC(C)S(=O)(=O)O[C@H]1C[C@@H](C(=O)O)N(C(=O)c2ccccc2Br)C1. The lowest BCUT2D eigenvalue weighted by Gasteiger charge is -2.21. The number of hydrogen-bond donors (Lipinski definition) is 1. The molecular formula is C15H18BrNO6S. The monoisotopic (exact) mass is 419 g/mol. The van der Waals surface area contributed by atoms with Crippen molar-refractivity contribution in [1.82, 2.24) is 4.90 Å². The smallest absolute Gasteiger partial charge is 0.326 e. The molecular weight excluding hydrogens is 402 g/mol. The molecule has 2 rings (SSSR count). The Kier molecular flexibility index (Phi) is 5.67. The molecule has 1 N–H and O–H groups in total. The first-order valence-electron chi connectivity index (χ1n) is 7.34. The van der Waals surface area contributed by atoms with E-state index in [9.17, 15) is 23.1 Å². The number of hydrogen-bond acceptors (Lipinski definition) is 5. The quantitative estimate of drug-likeness (QED) is 0.730. The van der Waals surface area contributed by atoms with Crippen LogP contribution in [-0.2, 0) is 19.1 Å². The zero-order valence-electron chi connectivity index (χ0n) is 13.2. The van der Waals surface area contributed by atoms with Crippen molar-refractivity contribution in [3.05, 3.63) is 34.3 Å². The minimum absolute atomic E-state index is 0.0719. The fraction of sp³-hybridized carbons (Fsp3) is 0.467. The van der Waals surface area contributed by atoms with Gasteiger partial charge in [-0.1, -0.05) is 12.1 Å². The number of carbonyl (C=O) groups is 2. The second-order valence-electron chi connectivity index (χ2n) is 5.79. The lowest BCUT2D eigenvalue weighted by molar-refractivity contribution is -0.141. The minimum Gasteiger partial charge on any atom is -0.480 e. The highest BCUT2D eigenvalue weighted by atomic mass is 79.9. The number of aliphatic carboxylic acids is 1. The van der Waals surface area contributed by atoms with Gasteiger partial charge in [0.05, 0.1) is 16.9 Å². The lowest BCUT2D eigenvalue weighted by atomic mass is 10.1. The number of rotatable bonds is 5. The van der Waals surface area contributed by atoms with Gasteiger partial charge in [0, 0.05) is 17.4 Å². The maximum atomic E-state index is 12.7. The van der Waals surface area contributed by atoms with E-state index in [0.29, 0.717) is 10.0 Å². The average Bonchev–Trinajstić information content (AvgIpc) is 2.90. The molecule has 24 heavy (non-hydrogen) atoms. The van der Waals surface area contributed by atoms with Crippen LogP contribution in [0.5, 0.6) is 0 Å². The summed E-state index contributed by atoms with van der Waals surface area (Å²) in [6.45, 7) is 2.86. The van der Waals surface area contributed by atoms with E-state index < -0.39 is 39.4 Å². The van der Waals surface area contributed by atoms with Crippen molar-refractivity contribution in [2.24, 2.45) is 0 Å². The second kappa shape index (κ2) is 7.20. The van der Waals surface area contributed by atoms with Gasteiger partial charge in [-0.25, -0.2) is 4.79 Å². The van der Waals surface area contributed by atoms with E-state index in [2.05, 4.69) is 15.9 Å². The number of carboxylic acids is 1. The molecule has 1 aromatic carbocycles. The van der Waals surface area contributed by atoms with E-state index >= 15 is 0 Å². The molecule has 1 aliphatic rings. The Labute approximate surface area is 148 Å². The molecule has 7 nitrogen and oxygen atoms in total. The van der Waals surface area contributed by atoms with Crippen molar-refractivity contribution in [3.8, 4) is 0 Å². The molecule has 1 aliphatic heterocycles. The number of likely N-dealkylation sites (tertiary alicyclic amines) is 1. The summed E-state index contributed by atoms with van der Waals surface area (Å²) in [4.78, 5) is 25.3. The summed E-state index contributed by atoms with van der Waals surface area (Å²) >= 11 is 3.26. The molecule has 0 radical (unpaired) electrons. The fourth-order valence-electron chi connectivity index (χ4n) is 2.42. The standard InChI is InChI=1S/C15H18BrNO6S/c1-9(2)24(21,22)23-10-7-13(15(19)20)17(8-10)14(18)11-5-3-4-6-12(11)16/h3-6,9-10,13H,7-8H2,1-2H3,(H,19,20)/t10-,13-/m0/s1. The highest BCUT2D eigenvalue weighted by Gasteiger charge is 2.42. The number of amides is 1. The molecule has 0 aromatic heterocycles. The van der Waals surface area contributed by atoms with Crippen LogP contribution >= 0.6 is 15.9 Å². The summed E-state index contributed by atoms with van der Waals surface area (Å²) < 4.78 is 29.4. The van der Waals surface area contributed by atoms with Gasteiger partial charge in [-0.2, -0.15) is 8.42 Å². The maximum Gasteiger partial charge on any atom is 0.326 e. The fourth-order valence-corrected chi connectivity index (χ4v) is 3.61. The van der Waals surface area contributed by atoms with E-state index in [1.54, 1.807) is 24.3 Å². The van der Waals surface area contributed by atoms with E-state index in [1.807, 2.05) is 0 Å². The lowest BCUT2D eigenvalue weighted by Crippen LogP contribution is -2.40. The van der Waals surface area contributed by atoms with Crippen molar-refractivity contribution >= 4 is 37.9 Å². The van der Waals surface area contributed by atoms with Crippen LogP contribution in [0.2, 0.25) is 0 Å². The molecule has 1 saturated heterocycles. The van der Waals surface area contributed by atoms with Gasteiger partial charge in [-0.15, -0.1) is 0 Å². The molecule has 0 bridgehead atoms. The normalized spacial score (nSPS) is 21.2. The molecule has 0 saturated carbocycles. The zero-order chi connectivity index (χ0) is 18.1. The third-order valence-electron chi connectivity index (χ3n) is 3.76. The van der Waals surface area contributed by atoms with Gasteiger partial charge in [0.1, 0.15) is 6.04 Å². The first kappa shape index (κ1) is 18.9. The van der Waals surface area contributed by atoms with Gasteiger partial charge in [0.25, 0.3) is 16.0 Å². The van der Waals surface area contributed by atoms with Gasteiger partial charge in [0.2, 0.25) is 0 Å². The third-order valence-corrected chi connectivity index (χ3v) is 6.15. The Morgan fingerprint density at radius 1 is 1.33 bits per heavy atom. The van der Waals surface area contributed by atoms with Gasteiger partial charge in [-0.05, 0) is 41.9 Å². The van der Waals surface area contributed by atoms with Crippen LogP contribution in [0.15, 0.2) is 28.7 Å². The molecule has 1 aromatic rings. The number of halogens is 1. The summed E-state index contributed by atoms with van der Waals surface area (Å²) in [5.74, 6) is -1.67. The van der Waals surface area contributed by atoms with Crippen LogP contribution in [0.1, 0.15) is 30.6 Å². The summed E-state index contributed by atoms with van der Waals surface area (Å²) in [6, 6.07) is 5.53. The Morgan fingerprint density at radius 3 is 2.50 bits per heavy atom. The van der Waals surface area contributed by atoms with Gasteiger partial charge >= 0.3 is 5.97 Å². The molecule has 9 heteroatoms. The first-order chi connectivity index (χ1) is 11.1. The van der Waals surface area contributed by atoms with Gasteiger partial charge < -0.3 is 10.0 Å². The maximum absolute atomic E-state index is 12.7. The zero-order valence-corrected chi connectivity index (χ0v) is 15.6. The molecule has 0 spiro atoms. The first-order valence-corrected chi connectivity index (χ1v) is 9.60. The van der Waals surface area contributed by atoms with E-state index in [1.165, 1.54) is 13.8 Å². The Bertz CT molecular complexity index is 748. The Balaban J connectivity index is 2.24. The topological polar surface area (TPSA) is 101 Å². The molecule has 1 fully saturated rings. The van der Waals surface area contributed by atoms with Crippen molar-refractivity contribution in [3.63, 3.8) is 0 Å². The number of carboxylic acid groups (broad SMARTS) is 1. The van der Waals surface area contributed by atoms with Crippen molar-refractivity contribution < 1.29 is 27.3 Å². The predicted molar refractivity (Wildman–Crippen MR) is 90.1 cm³/mol. The highest BCUT2D eigenvalue weighted by Crippen LogP contribution is 2.27. The molecule has 0 unspecified atom stereocenters. The van der Waals surface area contributed by atoms with Crippen molar-refractivity contribution in [1.29, 1.82) is 0 Å². The molecule has 2 atom stereocenters. The molecule has 1 amide bonds. The van der Waals surface area contributed by atoms with Crippen LogP contribution in [0.3, 0.4) is 0 Å². The number of carbonyl (C=O) groups excluding carboxylic acids is 1. The largest absolute Gasteiger partial charge is 0.480 e. The van der Waals surface area contributed by atoms with Crippen molar-refractivity contribution in [2.45, 2.75) is 37.7 Å². The summed E-state index contributed by atoms with van der Waals surface area (Å²) in [5, 5.41) is 8.62. The van der Waals surface area contributed by atoms with Crippen LogP contribution in [-0.4, -0.2) is 54.2 Å². The predicted octanol–water partition coefficient (Wildman–Crippen LogP) is 1.87. The average molecular weight is 420 g/mol. The molecule has 1 heterocycles. The Hall–Kier alpha value is -1.45. The third kappa shape index (κ3) is 3.96. The second-order valence-corrected chi connectivity index (χ2v) is 8.76. The van der Waals surface area contributed by atoms with E-state index in [-0.39, 0.29) is 13.0 Å². The van der Waals surface area contributed by atoms with Crippen LogP contribution in [0, 0.1) is 0 Å². The summed E-state index contributed by atoms with van der Waals surface area (Å²) in [6.07, 6.45) is -0.942. The van der Waals surface area contributed by atoms with Crippen LogP contribution in [0.4, 0.5) is 0 Å². The van der Waals surface area contributed by atoms with Crippen molar-refractivity contribution in [2.75, 3.05) is 6.54 Å². The summed E-state index contributed by atoms with van der Waals surface area (Å²) in [5.41, 5.74) is 0.316. The highest BCUT2D eigenvalue weighted by molar-refractivity contribution is 9.10. The molecule has 0 aliphatic carbocycles. The Morgan fingerprint density at radius 2 is 1.96 bits per heavy atom. The number of nitrogens with zero attached hydrogens (tertiary/aromatic N) is 1. The summed E-state index contributed by atoms with van der Waals surface area (Å²) in [7, 11) is -3.79. The van der Waals surface area contributed by atoms with E-state index in [0.717, 1.165) is 4.90 Å². The van der Waals surface area contributed by atoms with E-state index in [4.69, 9.17) is 4.18 Å². The number of benzene rings is 1. The molecule has 132 valence electrons. The van der Waals surface area contributed by atoms with Gasteiger partial charge in [-0.3, -0.25) is 8.98 Å². The van der Waals surface area contributed by atoms with Gasteiger partial charge in [0.15, 0.2) is 0 Å². The van der Waals surface area contributed by atoms with Crippen LogP contribution in [0.25, 0.3) is 0 Å².